The van der Waals surface area contributed by atoms with Gasteiger partial charge in [0.1, 0.15) is 42.7 Å². The number of nitrogen functional groups attached to an aromatic ring is 1. The van der Waals surface area contributed by atoms with E-state index in [1.165, 1.54) is 36.4 Å². The second-order valence-electron chi connectivity index (χ2n) is 20.0. The molecule has 0 saturated heterocycles. The topological polar surface area (TPSA) is 418 Å². The van der Waals surface area contributed by atoms with Gasteiger partial charge in [-0.1, -0.05) is 103 Å². The van der Waals surface area contributed by atoms with E-state index in [1.807, 2.05) is 91.0 Å². The largest absolute Gasteiger partial charge is 0.478 e. The molecule has 11 N–H and O–H groups in total. The number of hydrogen-bond donors (Lipinski definition) is 9. The summed E-state index contributed by atoms with van der Waals surface area (Å²) in [5, 5.41) is 82.3. The molecule has 3 atom stereocenters. The molecule has 0 spiro atoms. The first-order valence-electron chi connectivity index (χ1n) is 27.9. The summed E-state index contributed by atoms with van der Waals surface area (Å²) in [4.78, 5) is 83.2. The van der Waals surface area contributed by atoms with E-state index in [1.54, 1.807) is 12.1 Å². The van der Waals surface area contributed by atoms with Gasteiger partial charge in [-0.2, -0.15) is 0 Å². The molecule has 9 aromatic rings. The van der Waals surface area contributed by atoms with Crippen molar-refractivity contribution in [2.45, 2.75) is 18.1 Å². The molecule has 26 nitrogen and oxygen atoms in total. The second kappa shape index (κ2) is 33.1. The molecule has 0 aromatic heterocycles. The molecular weight excluding hydrogens is 1280 g/mol. The molecule has 492 valence electrons. The fourth-order valence-electron chi connectivity index (χ4n) is 8.80. The Morgan fingerprint density at radius 3 is 1.32 bits per heavy atom. The van der Waals surface area contributed by atoms with Gasteiger partial charge in [-0.25, -0.2) is 42.3 Å². The van der Waals surface area contributed by atoms with Gasteiger partial charge in [0.15, 0.2) is 0 Å². The average Bonchev–Trinajstić information content (AvgIpc) is 1.48. The molecular formula is C66H53ClF3N9O17. The van der Waals surface area contributed by atoms with Crippen LogP contribution in [0.2, 0.25) is 5.02 Å². The predicted octanol–water partition coefficient (Wildman–Crippen LogP) is 13.1. The summed E-state index contributed by atoms with van der Waals surface area (Å²) >= 11 is 5.44. The Hall–Kier alpha value is -12.6. The first-order chi connectivity index (χ1) is 45.8. The highest BCUT2D eigenvalue weighted by molar-refractivity contribution is 6.33. The SMILES string of the molecule is N[C@@H](CO)c1ccccc1.Nc1ccc([N+](=O)[O-])cc1C(=O)O.O=C(O)c1cc(F)ccc1Cl.O=C(O)c1cc(F)ccc1Nc1ccc([N+](=O)[O-])cc1C(=O)O.O=[N+]([O-])c1ccc(Nc2ccc(F)cc2C2=N[C@H](c3ccccc3)CO2)c(C2=N[C@H](c3ccccc3)CO2)c1. The first-order valence-corrected chi connectivity index (χ1v) is 28.2. The molecule has 0 unspecified atom stereocenters. The number of nitrogens with zero attached hydrogens (tertiary/aromatic N) is 5. The van der Waals surface area contributed by atoms with Crippen LogP contribution in [0.15, 0.2) is 210 Å². The number of carboxylic acid groups (broad SMARTS) is 4. The Labute approximate surface area is 545 Å². The highest BCUT2D eigenvalue weighted by atomic mass is 35.5. The highest BCUT2D eigenvalue weighted by Crippen LogP contribution is 2.35. The van der Waals surface area contributed by atoms with Crippen LogP contribution in [0.1, 0.15) is 87.4 Å². The molecule has 0 radical (unpaired) electrons. The maximum Gasteiger partial charge on any atom is 0.338 e. The number of anilines is 5. The smallest absolute Gasteiger partial charge is 0.338 e. The van der Waals surface area contributed by atoms with Crippen LogP contribution in [0, 0.1) is 47.8 Å². The van der Waals surface area contributed by atoms with Crippen LogP contribution in [0.4, 0.5) is 58.7 Å². The van der Waals surface area contributed by atoms with Crippen molar-refractivity contribution in [2.24, 2.45) is 15.7 Å². The van der Waals surface area contributed by atoms with Gasteiger partial charge in [-0.3, -0.25) is 30.3 Å². The van der Waals surface area contributed by atoms with Crippen LogP contribution >= 0.6 is 11.6 Å². The number of halogens is 4. The van der Waals surface area contributed by atoms with Gasteiger partial charge in [-0.15, -0.1) is 0 Å². The quantitative estimate of drug-likeness (QED) is 0.0232. The number of nitro groups is 3. The third-order valence-corrected chi connectivity index (χ3v) is 13.9. The molecule has 0 amide bonds. The number of hydrogen-bond acceptors (Lipinski definition) is 19. The van der Waals surface area contributed by atoms with Crippen molar-refractivity contribution in [1.82, 2.24) is 0 Å². The number of aliphatic hydroxyl groups is 1. The molecule has 0 saturated carbocycles. The van der Waals surface area contributed by atoms with E-state index in [4.69, 9.17) is 68.1 Å². The van der Waals surface area contributed by atoms with Gasteiger partial charge < -0.3 is 57.1 Å². The highest BCUT2D eigenvalue weighted by Gasteiger charge is 2.28. The lowest BCUT2D eigenvalue weighted by atomic mass is 10.1. The van der Waals surface area contributed by atoms with Crippen molar-refractivity contribution in [3.8, 4) is 0 Å². The van der Waals surface area contributed by atoms with E-state index in [-0.39, 0.29) is 75.2 Å². The fourth-order valence-corrected chi connectivity index (χ4v) is 9.00. The summed E-state index contributed by atoms with van der Waals surface area (Å²) in [5.41, 5.74) is 13.5. The molecule has 30 heteroatoms. The Bertz CT molecular complexity index is 4430. The lowest BCUT2D eigenvalue weighted by Crippen LogP contribution is -2.13. The van der Waals surface area contributed by atoms with Crippen molar-refractivity contribution in [2.75, 3.05) is 36.2 Å². The number of nitro benzene ring substituents is 3. The minimum absolute atomic E-state index is 0.00398. The maximum atomic E-state index is 14.4. The zero-order chi connectivity index (χ0) is 69.8. The van der Waals surface area contributed by atoms with Gasteiger partial charge in [0.05, 0.1) is 88.6 Å². The number of benzene rings is 9. The van der Waals surface area contributed by atoms with Crippen LogP contribution < -0.4 is 22.1 Å². The number of carbonyl (C=O) groups is 4. The van der Waals surface area contributed by atoms with E-state index in [0.29, 0.717) is 41.6 Å². The molecule has 2 aliphatic rings. The van der Waals surface area contributed by atoms with E-state index in [2.05, 4.69) is 10.6 Å². The number of aliphatic hydroxyl groups excluding tert-OH is 1. The molecule has 0 aliphatic carbocycles. The Balaban J connectivity index is 0.000000192. The summed E-state index contributed by atoms with van der Waals surface area (Å²) in [6, 6.07) is 49.4. The molecule has 2 heterocycles. The minimum Gasteiger partial charge on any atom is -0.478 e. The lowest BCUT2D eigenvalue weighted by Gasteiger charge is -2.15. The van der Waals surface area contributed by atoms with Gasteiger partial charge in [0, 0.05) is 42.1 Å². The van der Waals surface area contributed by atoms with Crippen LogP contribution in [0.5, 0.6) is 0 Å². The zero-order valence-corrected chi connectivity index (χ0v) is 50.2. The zero-order valence-electron chi connectivity index (χ0n) is 49.4. The van der Waals surface area contributed by atoms with E-state index in [0.717, 1.165) is 77.4 Å². The Morgan fingerprint density at radius 2 is 0.865 bits per heavy atom. The third kappa shape index (κ3) is 19.2. The van der Waals surface area contributed by atoms with Crippen LogP contribution in [-0.2, 0) is 9.47 Å². The average molecular weight is 1340 g/mol. The molecule has 0 bridgehead atoms. The van der Waals surface area contributed by atoms with Crippen molar-refractivity contribution < 1.29 is 82.1 Å². The number of nitrogens with two attached hydrogens (primary N) is 2. The van der Waals surface area contributed by atoms with Crippen molar-refractivity contribution in [1.29, 1.82) is 0 Å². The second-order valence-corrected chi connectivity index (χ2v) is 20.4. The monoisotopic (exact) mass is 1340 g/mol. The first kappa shape index (κ1) is 70.9. The number of aliphatic imine (C=N–C) groups is 2. The lowest BCUT2D eigenvalue weighted by molar-refractivity contribution is -0.385. The minimum atomic E-state index is -1.44. The van der Waals surface area contributed by atoms with Crippen LogP contribution in [0.3, 0.4) is 0 Å². The summed E-state index contributed by atoms with van der Waals surface area (Å²) in [7, 11) is 0. The number of carboxylic acids is 4. The van der Waals surface area contributed by atoms with E-state index >= 15 is 0 Å². The summed E-state index contributed by atoms with van der Waals surface area (Å²) in [6.45, 7) is 0.655. The number of ether oxygens (including phenoxy) is 2. The molecule has 0 fully saturated rings. The summed E-state index contributed by atoms with van der Waals surface area (Å²) in [6.07, 6.45) is 0. The van der Waals surface area contributed by atoms with Crippen LogP contribution in [0.25, 0.3) is 0 Å². The number of aromatic carboxylic acids is 4. The van der Waals surface area contributed by atoms with Crippen molar-refractivity contribution in [3.05, 3.63) is 303 Å². The summed E-state index contributed by atoms with van der Waals surface area (Å²) in [5.74, 6) is -6.56. The van der Waals surface area contributed by atoms with Gasteiger partial charge in [0.25, 0.3) is 17.1 Å². The predicted molar refractivity (Wildman–Crippen MR) is 346 cm³/mol. The van der Waals surface area contributed by atoms with E-state index in [9.17, 15) is 62.7 Å². The van der Waals surface area contributed by atoms with Gasteiger partial charge in [0.2, 0.25) is 11.8 Å². The summed E-state index contributed by atoms with van der Waals surface area (Å²) < 4.78 is 51.7. The van der Waals surface area contributed by atoms with Crippen molar-refractivity contribution in [3.63, 3.8) is 0 Å². The number of non-ortho nitro benzene ring substituents is 3. The van der Waals surface area contributed by atoms with E-state index < -0.39 is 72.9 Å². The molecule has 9 aromatic carbocycles. The maximum absolute atomic E-state index is 14.4. The molecule has 96 heavy (non-hydrogen) atoms. The third-order valence-electron chi connectivity index (χ3n) is 13.6. The Morgan fingerprint density at radius 1 is 0.500 bits per heavy atom. The standard InChI is InChI=1S/C30H23FN4O4.C14H9FN2O6.C8H11NO.C7H4ClFO2.C7H6N2O4/c31-21-11-13-25(23(15-21)29-33-27(17-38-29)19-7-3-1-4-8-19)32-26-14-12-22(35(36)37)16-24(26)30-34-28(18-39-30)20-9-5-2-6-10-20;15-7-1-3-11(9(5-7)13(18)19)16-12-4-2-8(17(22)23)6-10(12)14(20)21;9-8(6-10)7-4-2-1-3-5-7;8-6-2-1-4(9)3-5(6)7(10)11;8-6-2-1-4(9(12)13)3-5(6)7(10)11/h1-16,27-28,32H,17-18H2;1-6,16H,(H,18,19)(H,20,21);1-5,8,10H,6,9H2;1-3H,(H,10,11);1-3H,8H2,(H,10,11)/t27-,28-;;8-;;/m0.0../s1. The normalized spacial score (nSPS) is 13.5. The fraction of sp³-hybridized carbons (Fsp3) is 0.0909. The van der Waals surface area contributed by atoms with Gasteiger partial charge in [-0.05, 0) is 89.5 Å². The molecule has 11 rings (SSSR count). The number of rotatable bonds is 17. The Kier molecular flexibility index (Phi) is 24.4. The molecule has 2 aliphatic heterocycles. The van der Waals surface area contributed by atoms with Crippen molar-refractivity contribution >= 4 is 92.8 Å². The van der Waals surface area contributed by atoms with Crippen LogP contribution in [-0.4, -0.2) is 95.8 Å². The van der Waals surface area contributed by atoms with Gasteiger partial charge >= 0.3 is 23.9 Å². The number of nitrogens with one attached hydrogen (secondary N) is 2.